The first-order valence-corrected chi connectivity index (χ1v) is 13.0. The van der Waals surface area contributed by atoms with Gasteiger partial charge in [-0.25, -0.2) is 13.4 Å². The normalized spacial score (nSPS) is 21.8. The van der Waals surface area contributed by atoms with Crippen LogP contribution in [0.3, 0.4) is 0 Å². The number of hydrogen-bond acceptors (Lipinski definition) is 6. The van der Waals surface area contributed by atoms with Crippen LogP contribution in [0.4, 0.5) is 5.69 Å². The second kappa shape index (κ2) is 8.78. The van der Waals surface area contributed by atoms with Crippen LogP contribution in [0.15, 0.2) is 60.0 Å². The number of sulfonamides is 1. The first kappa shape index (κ1) is 23.5. The number of aliphatic hydroxyl groups excluding tert-OH is 1. The summed E-state index contributed by atoms with van der Waals surface area (Å²) in [6.07, 6.45) is 3.62. The van der Waals surface area contributed by atoms with Crippen molar-refractivity contribution >= 4 is 21.6 Å². The molecule has 3 atom stereocenters. The van der Waals surface area contributed by atoms with Crippen molar-refractivity contribution in [3.05, 3.63) is 66.1 Å². The van der Waals surface area contributed by atoms with E-state index in [9.17, 15) is 18.3 Å². The molecule has 5 rings (SSSR count). The molecule has 1 aromatic heterocycles. The monoisotopic (exact) mass is 495 g/mol. The van der Waals surface area contributed by atoms with Crippen LogP contribution in [-0.2, 0) is 17.1 Å². The highest BCUT2D eigenvalue weighted by molar-refractivity contribution is 7.89. The Morgan fingerprint density at radius 1 is 1.20 bits per heavy atom. The van der Waals surface area contributed by atoms with Crippen molar-refractivity contribution in [1.82, 2.24) is 18.8 Å². The maximum atomic E-state index is 13.6. The molecule has 1 amide bonds. The summed E-state index contributed by atoms with van der Waals surface area (Å²) < 4.78 is 30.3. The summed E-state index contributed by atoms with van der Waals surface area (Å²) in [6, 6.07) is 12.6. The summed E-state index contributed by atoms with van der Waals surface area (Å²) in [4.78, 5) is 18.1. The van der Waals surface area contributed by atoms with Crippen molar-refractivity contribution in [1.29, 1.82) is 0 Å². The average Bonchev–Trinajstić information content (AvgIpc) is 3.50. The number of aryl methyl sites for hydroxylation is 1. The van der Waals surface area contributed by atoms with Crippen molar-refractivity contribution in [2.45, 2.75) is 23.5 Å². The van der Waals surface area contributed by atoms with Crippen LogP contribution < -0.4 is 5.32 Å². The number of benzene rings is 2. The molecule has 0 saturated carbocycles. The first-order chi connectivity index (χ1) is 16.7. The number of aliphatic hydroxyl groups is 1. The molecular formula is C25H29N5O4S. The zero-order valence-electron chi connectivity index (χ0n) is 19.9. The summed E-state index contributed by atoms with van der Waals surface area (Å²) in [5.74, 6) is -0.163. The molecule has 35 heavy (non-hydrogen) atoms. The molecule has 10 heteroatoms. The van der Waals surface area contributed by atoms with Crippen LogP contribution in [0, 0.1) is 5.92 Å². The van der Waals surface area contributed by atoms with Gasteiger partial charge in [-0.3, -0.25) is 4.79 Å². The second-order valence-electron chi connectivity index (χ2n) is 9.41. The highest BCUT2D eigenvalue weighted by atomic mass is 32.2. The lowest BCUT2D eigenvalue weighted by Gasteiger charge is -2.38. The van der Waals surface area contributed by atoms with Crippen LogP contribution in [0.25, 0.3) is 11.1 Å². The van der Waals surface area contributed by atoms with E-state index in [0.29, 0.717) is 18.5 Å². The predicted molar refractivity (Wildman–Crippen MR) is 132 cm³/mol. The van der Waals surface area contributed by atoms with Crippen molar-refractivity contribution in [2.75, 3.05) is 32.6 Å². The molecule has 0 radical (unpaired) electrons. The number of carbonyl (C=O) groups excluding carboxylic acids is 1. The van der Waals surface area contributed by atoms with Gasteiger partial charge < -0.3 is 19.9 Å². The second-order valence-corrected chi connectivity index (χ2v) is 11.2. The SMILES string of the molecule is CN(C)C(=O)c1cccc(-c2ccc3c(c2)[C@H]2[C@H](CCN2S(=O)(=O)c2cn(C)cn2)[C@H](CO)N3)c1. The van der Waals surface area contributed by atoms with Gasteiger partial charge in [-0.15, -0.1) is 0 Å². The Balaban J connectivity index is 1.59. The molecule has 2 aliphatic heterocycles. The van der Waals surface area contributed by atoms with E-state index >= 15 is 0 Å². The Morgan fingerprint density at radius 2 is 1.97 bits per heavy atom. The van der Waals surface area contributed by atoms with Crippen LogP contribution in [0.5, 0.6) is 0 Å². The number of fused-ring (bicyclic) bond motifs is 3. The Hall–Kier alpha value is -3.21. The lowest BCUT2D eigenvalue weighted by atomic mass is 9.82. The summed E-state index contributed by atoms with van der Waals surface area (Å²) in [7, 11) is 1.34. The zero-order chi connectivity index (χ0) is 24.9. The zero-order valence-corrected chi connectivity index (χ0v) is 20.7. The first-order valence-electron chi connectivity index (χ1n) is 11.5. The molecule has 1 fully saturated rings. The van der Waals surface area contributed by atoms with Gasteiger partial charge in [0.05, 0.1) is 25.0 Å². The largest absolute Gasteiger partial charge is 0.394 e. The maximum Gasteiger partial charge on any atom is 0.262 e. The fourth-order valence-electron chi connectivity index (χ4n) is 5.20. The quantitative estimate of drug-likeness (QED) is 0.563. The lowest BCUT2D eigenvalue weighted by Crippen LogP contribution is -2.42. The molecule has 2 aromatic carbocycles. The lowest BCUT2D eigenvalue weighted by molar-refractivity contribution is 0.0827. The topological polar surface area (TPSA) is 108 Å². The smallest absolute Gasteiger partial charge is 0.262 e. The molecule has 9 nitrogen and oxygen atoms in total. The van der Waals surface area contributed by atoms with Crippen LogP contribution in [0.2, 0.25) is 0 Å². The molecule has 0 unspecified atom stereocenters. The van der Waals surface area contributed by atoms with E-state index in [4.69, 9.17) is 0 Å². The molecule has 1 saturated heterocycles. The van der Waals surface area contributed by atoms with E-state index in [0.717, 1.165) is 22.4 Å². The van der Waals surface area contributed by atoms with Gasteiger partial charge in [0.25, 0.3) is 15.9 Å². The van der Waals surface area contributed by atoms with Gasteiger partial charge in [-0.2, -0.15) is 4.31 Å². The number of aromatic nitrogens is 2. The average molecular weight is 496 g/mol. The van der Waals surface area contributed by atoms with Gasteiger partial charge in [0, 0.05) is 51.1 Å². The van der Waals surface area contributed by atoms with Gasteiger partial charge >= 0.3 is 0 Å². The molecule has 2 N–H and O–H groups in total. The van der Waals surface area contributed by atoms with E-state index in [-0.39, 0.29) is 29.5 Å². The third kappa shape index (κ3) is 4.01. The number of amides is 1. The Kier molecular flexibility index (Phi) is 5.90. The van der Waals surface area contributed by atoms with Crippen LogP contribution in [0.1, 0.15) is 28.4 Å². The minimum absolute atomic E-state index is 0.0207. The van der Waals surface area contributed by atoms with E-state index in [1.807, 2.05) is 36.4 Å². The van der Waals surface area contributed by atoms with Crippen molar-refractivity contribution in [3.63, 3.8) is 0 Å². The Bertz CT molecular complexity index is 1380. The molecular weight excluding hydrogens is 466 g/mol. The Labute approximate surface area is 205 Å². The summed E-state index contributed by atoms with van der Waals surface area (Å²) >= 11 is 0. The third-order valence-corrected chi connectivity index (χ3v) is 8.69. The molecule has 3 heterocycles. The standard InChI is InChI=1S/C25H29N5O4S/c1-28(2)25(32)18-6-4-5-16(11-18)17-7-8-21-20(12-17)24-19(22(14-31)27-21)9-10-30(24)35(33,34)23-13-29(3)15-26-23/h4-8,11-13,15,19,22,24,27,31H,9-10,14H2,1-3H3/t19-,22+,24-/m1/s1. The number of rotatable bonds is 5. The highest BCUT2D eigenvalue weighted by Gasteiger charge is 2.49. The number of nitrogens with zero attached hydrogens (tertiary/aromatic N) is 4. The van der Waals surface area contributed by atoms with Gasteiger partial charge in [-0.05, 0) is 47.4 Å². The number of imidazole rings is 1. The maximum absolute atomic E-state index is 13.6. The summed E-state index contributed by atoms with van der Waals surface area (Å²) in [6.45, 7) is 0.261. The highest BCUT2D eigenvalue weighted by Crippen LogP contribution is 2.49. The number of nitrogens with one attached hydrogen (secondary N) is 1. The van der Waals surface area contributed by atoms with Gasteiger partial charge in [0.2, 0.25) is 0 Å². The minimum atomic E-state index is -3.83. The van der Waals surface area contributed by atoms with E-state index in [1.54, 1.807) is 31.8 Å². The van der Waals surface area contributed by atoms with Crippen LogP contribution >= 0.6 is 0 Å². The number of carbonyl (C=O) groups is 1. The summed E-state index contributed by atoms with van der Waals surface area (Å²) in [5, 5.41) is 13.5. The molecule has 184 valence electrons. The fraction of sp³-hybridized carbons (Fsp3) is 0.360. The fourth-order valence-corrected chi connectivity index (χ4v) is 6.84. The Morgan fingerprint density at radius 3 is 2.66 bits per heavy atom. The van der Waals surface area contributed by atoms with Gasteiger partial charge in [-0.1, -0.05) is 18.2 Å². The van der Waals surface area contributed by atoms with Gasteiger partial charge in [0.15, 0.2) is 5.03 Å². The van der Waals surface area contributed by atoms with E-state index < -0.39 is 16.1 Å². The van der Waals surface area contributed by atoms with Gasteiger partial charge in [0.1, 0.15) is 0 Å². The molecule has 2 aliphatic rings. The summed E-state index contributed by atoms with van der Waals surface area (Å²) in [5.41, 5.74) is 4.01. The predicted octanol–water partition coefficient (Wildman–Crippen LogP) is 2.33. The number of hydrogen-bond donors (Lipinski definition) is 2. The van der Waals surface area contributed by atoms with Crippen molar-refractivity contribution < 1.29 is 18.3 Å². The minimum Gasteiger partial charge on any atom is -0.394 e. The molecule has 0 aliphatic carbocycles. The van der Waals surface area contributed by atoms with Crippen LogP contribution in [-0.4, -0.2) is 71.5 Å². The molecule has 3 aromatic rings. The molecule has 0 bridgehead atoms. The third-order valence-electron chi connectivity index (χ3n) is 6.93. The van der Waals surface area contributed by atoms with Crippen molar-refractivity contribution in [3.8, 4) is 11.1 Å². The number of anilines is 1. The molecule has 0 spiro atoms. The van der Waals surface area contributed by atoms with E-state index in [1.165, 1.54) is 21.7 Å². The van der Waals surface area contributed by atoms with Crippen molar-refractivity contribution in [2.24, 2.45) is 13.0 Å². The van der Waals surface area contributed by atoms with E-state index in [2.05, 4.69) is 10.3 Å².